The summed E-state index contributed by atoms with van der Waals surface area (Å²) in [5.74, 6) is -0.520. The smallest absolute Gasteiger partial charge is 0.236 e. The average molecular weight is 283 g/mol. The number of nitrogens with one attached hydrogen (secondary N) is 1. The number of halogens is 1. The molecule has 4 nitrogen and oxygen atoms in total. The van der Waals surface area contributed by atoms with Gasteiger partial charge in [-0.2, -0.15) is 0 Å². The predicted octanol–water partition coefficient (Wildman–Crippen LogP) is 2.49. The van der Waals surface area contributed by atoms with Crippen LogP contribution in [0.15, 0.2) is 18.2 Å². The first-order valence-corrected chi connectivity index (χ1v) is 6.20. The molecule has 1 aromatic rings. The molecule has 1 aliphatic rings. The fourth-order valence-electron chi connectivity index (χ4n) is 1.74. The Bertz CT molecular complexity index is 529. The molecule has 0 atom stereocenters. The zero-order chi connectivity index (χ0) is 13.3. The molecule has 1 fully saturated rings. The van der Waals surface area contributed by atoms with Crippen molar-refractivity contribution in [3.8, 4) is 0 Å². The third-order valence-electron chi connectivity index (χ3n) is 2.68. The number of aryl methyl sites for hydroxylation is 1. The van der Waals surface area contributed by atoms with E-state index in [0.717, 1.165) is 16.2 Å². The highest BCUT2D eigenvalue weighted by molar-refractivity contribution is 7.80. The van der Waals surface area contributed by atoms with Crippen LogP contribution in [-0.4, -0.2) is 21.8 Å². The predicted molar refractivity (Wildman–Crippen MR) is 73.5 cm³/mol. The summed E-state index contributed by atoms with van der Waals surface area (Å²) in [7, 11) is 0. The van der Waals surface area contributed by atoms with Gasteiger partial charge in [-0.1, -0.05) is 11.6 Å². The Balaban J connectivity index is 2.16. The molecule has 1 heterocycles. The Morgan fingerprint density at radius 1 is 1.33 bits per heavy atom. The average Bonchev–Trinajstić information content (AvgIpc) is 2.62. The standard InChI is InChI=1S/C12H11ClN2O2S/c1-7-6-8(13)2-3-9(7)14-12(18)15-10(16)4-5-11(15)17/h2-3,6H,4-5H2,1H3,(H,14,18). The summed E-state index contributed by atoms with van der Waals surface area (Å²) in [6.07, 6.45) is 0.445. The lowest BCUT2D eigenvalue weighted by atomic mass is 10.2. The second-order valence-electron chi connectivity index (χ2n) is 4.01. The van der Waals surface area contributed by atoms with Crippen LogP contribution in [0.5, 0.6) is 0 Å². The number of likely N-dealkylation sites (tertiary alicyclic amines) is 1. The molecule has 0 aliphatic carbocycles. The van der Waals surface area contributed by atoms with Crippen LogP contribution in [0, 0.1) is 6.92 Å². The molecular weight excluding hydrogens is 272 g/mol. The topological polar surface area (TPSA) is 49.4 Å². The van der Waals surface area contributed by atoms with E-state index in [-0.39, 0.29) is 29.8 Å². The monoisotopic (exact) mass is 282 g/mol. The van der Waals surface area contributed by atoms with Crippen molar-refractivity contribution in [2.45, 2.75) is 19.8 Å². The van der Waals surface area contributed by atoms with Crippen LogP contribution in [0.2, 0.25) is 5.02 Å². The summed E-state index contributed by atoms with van der Waals surface area (Å²) in [6, 6.07) is 5.25. The Labute approximate surface area is 115 Å². The molecule has 0 bridgehead atoms. The van der Waals surface area contributed by atoms with Crippen molar-refractivity contribution >= 4 is 46.4 Å². The fourth-order valence-corrected chi connectivity index (χ4v) is 2.28. The minimum Gasteiger partial charge on any atom is -0.332 e. The van der Waals surface area contributed by atoms with Crippen molar-refractivity contribution in [1.29, 1.82) is 0 Å². The molecule has 18 heavy (non-hydrogen) atoms. The second-order valence-corrected chi connectivity index (χ2v) is 4.84. The van der Waals surface area contributed by atoms with E-state index in [1.807, 2.05) is 6.92 Å². The summed E-state index contributed by atoms with van der Waals surface area (Å²) in [5.41, 5.74) is 1.63. The number of nitrogens with zero attached hydrogens (tertiary/aromatic N) is 1. The maximum Gasteiger partial charge on any atom is 0.236 e. The summed E-state index contributed by atoms with van der Waals surface area (Å²) < 4.78 is 0. The number of hydrogen-bond donors (Lipinski definition) is 1. The Kier molecular flexibility index (Phi) is 3.63. The van der Waals surface area contributed by atoms with E-state index in [9.17, 15) is 9.59 Å². The number of carbonyl (C=O) groups excluding carboxylic acids is 2. The van der Waals surface area contributed by atoms with Gasteiger partial charge in [-0.15, -0.1) is 0 Å². The van der Waals surface area contributed by atoms with Crippen LogP contribution in [0.4, 0.5) is 5.69 Å². The molecule has 1 N–H and O–H groups in total. The Morgan fingerprint density at radius 2 is 1.94 bits per heavy atom. The maximum atomic E-state index is 11.5. The van der Waals surface area contributed by atoms with Crippen molar-refractivity contribution in [1.82, 2.24) is 4.90 Å². The molecule has 0 radical (unpaired) electrons. The molecule has 94 valence electrons. The molecule has 1 aromatic carbocycles. The second kappa shape index (κ2) is 5.04. The van der Waals surface area contributed by atoms with E-state index in [1.54, 1.807) is 18.2 Å². The lowest BCUT2D eigenvalue weighted by Crippen LogP contribution is -2.38. The first-order valence-electron chi connectivity index (χ1n) is 5.42. The molecule has 2 rings (SSSR count). The van der Waals surface area contributed by atoms with E-state index in [4.69, 9.17) is 23.8 Å². The minimum absolute atomic E-state index is 0.118. The van der Waals surface area contributed by atoms with Gasteiger partial charge in [0.2, 0.25) is 11.8 Å². The van der Waals surface area contributed by atoms with Gasteiger partial charge in [-0.05, 0) is 42.9 Å². The number of anilines is 1. The van der Waals surface area contributed by atoms with E-state index in [2.05, 4.69) is 5.32 Å². The third kappa shape index (κ3) is 2.52. The van der Waals surface area contributed by atoms with Crippen LogP contribution in [-0.2, 0) is 9.59 Å². The van der Waals surface area contributed by atoms with E-state index in [0.29, 0.717) is 5.02 Å². The van der Waals surface area contributed by atoms with Crippen molar-refractivity contribution < 1.29 is 9.59 Å². The third-order valence-corrected chi connectivity index (χ3v) is 3.20. The Hall–Kier alpha value is -1.46. The van der Waals surface area contributed by atoms with Crippen molar-refractivity contribution in [3.05, 3.63) is 28.8 Å². The number of carbonyl (C=O) groups is 2. The molecule has 1 aliphatic heterocycles. The van der Waals surface area contributed by atoms with E-state index >= 15 is 0 Å². The van der Waals surface area contributed by atoms with Crippen LogP contribution in [0.25, 0.3) is 0 Å². The molecular formula is C12H11ClN2O2S. The molecule has 1 saturated heterocycles. The van der Waals surface area contributed by atoms with Gasteiger partial charge in [-0.25, -0.2) is 4.90 Å². The largest absolute Gasteiger partial charge is 0.332 e. The lowest BCUT2D eigenvalue weighted by molar-refractivity contribution is -0.133. The number of amides is 2. The normalized spacial score (nSPS) is 15.1. The van der Waals surface area contributed by atoms with Gasteiger partial charge in [0.1, 0.15) is 0 Å². The van der Waals surface area contributed by atoms with E-state index in [1.165, 1.54) is 0 Å². The number of hydrogen-bond acceptors (Lipinski definition) is 3. The zero-order valence-electron chi connectivity index (χ0n) is 9.70. The number of benzene rings is 1. The highest BCUT2D eigenvalue weighted by atomic mass is 35.5. The lowest BCUT2D eigenvalue weighted by Gasteiger charge is -2.17. The number of rotatable bonds is 1. The molecule has 0 unspecified atom stereocenters. The van der Waals surface area contributed by atoms with Gasteiger partial charge in [-0.3, -0.25) is 9.59 Å². The summed E-state index contributed by atoms with van der Waals surface area (Å²) in [5, 5.41) is 3.64. The van der Waals surface area contributed by atoms with E-state index < -0.39 is 0 Å². The molecule has 0 spiro atoms. The SMILES string of the molecule is Cc1cc(Cl)ccc1NC(=S)N1C(=O)CCC1=O. The summed E-state index contributed by atoms with van der Waals surface area (Å²) in [4.78, 5) is 24.0. The quantitative estimate of drug-likeness (QED) is 0.635. The van der Waals surface area contributed by atoms with Crippen molar-refractivity contribution in [3.63, 3.8) is 0 Å². The Morgan fingerprint density at radius 3 is 2.50 bits per heavy atom. The minimum atomic E-state index is -0.260. The van der Waals surface area contributed by atoms with Crippen LogP contribution in [0.3, 0.4) is 0 Å². The zero-order valence-corrected chi connectivity index (χ0v) is 11.3. The highest BCUT2D eigenvalue weighted by Gasteiger charge is 2.32. The summed E-state index contributed by atoms with van der Waals surface area (Å²) in [6.45, 7) is 1.87. The van der Waals surface area contributed by atoms with Gasteiger partial charge in [0, 0.05) is 23.6 Å². The molecule has 0 aromatic heterocycles. The van der Waals surface area contributed by atoms with Crippen molar-refractivity contribution in [2.24, 2.45) is 0 Å². The van der Waals surface area contributed by atoms with Crippen LogP contribution >= 0.6 is 23.8 Å². The fraction of sp³-hybridized carbons (Fsp3) is 0.250. The highest BCUT2D eigenvalue weighted by Crippen LogP contribution is 2.21. The van der Waals surface area contributed by atoms with Crippen LogP contribution in [0.1, 0.15) is 18.4 Å². The molecule has 6 heteroatoms. The van der Waals surface area contributed by atoms with Gasteiger partial charge < -0.3 is 5.32 Å². The van der Waals surface area contributed by atoms with Gasteiger partial charge in [0.25, 0.3) is 0 Å². The molecule has 0 saturated carbocycles. The summed E-state index contributed by atoms with van der Waals surface area (Å²) >= 11 is 10.9. The van der Waals surface area contributed by atoms with Gasteiger partial charge >= 0.3 is 0 Å². The maximum absolute atomic E-state index is 11.5. The number of thiocarbonyl (C=S) groups is 1. The first-order chi connectivity index (χ1) is 8.49. The van der Waals surface area contributed by atoms with Gasteiger partial charge in [0.05, 0.1) is 0 Å². The van der Waals surface area contributed by atoms with Crippen molar-refractivity contribution in [2.75, 3.05) is 5.32 Å². The van der Waals surface area contributed by atoms with Crippen LogP contribution < -0.4 is 5.32 Å². The number of imide groups is 1. The molecule has 2 amide bonds. The van der Waals surface area contributed by atoms with Gasteiger partial charge in [0.15, 0.2) is 5.11 Å². The first kappa shape index (κ1) is 13.0.